The van der Waals surface area contributed by atoms with Gasteiger partial charge in [0, 0.05) is 19.3 Å². The van der Waals surface area contributed by atoms with Gasteiger partial charge in [-0.3, -0.25) is 0 Å². The average Bonchev–Trinajstić information content (AvgIpc) is 2.21. The number of nitrogens with zero attached hydrogens (tertiary/aromatic N) is 2. The van der Waals surface area contributed by atoms with E-state index in [1.165, 1.54) is 24.6 Å². The van der Waals surface area contributed by atoms with Crippen LogP contribution in [0.15, 0.2) is 24.4 Å². The van der Waals surface area contributed by atoms with Crippen LogP contribution in [0.25, 0.3) is 0 Å². The van der Waals surface area contributed by atoms with Crippen molar-refractivity contribution >= 4 is 17.6 Å². The fourth-order valence-corrected chi connectivity index (χ4v) is 3.23. The van der Waals surface area contributed by atoms with Gasteiger partial charge >= 0.3 is 0 Å². The van der Waals surface area contributed by atoms with Crippen molar-refractivity contribution in [3.63, 3.8) is 0 Å². The lowest BCUT2D eigenvalue weighted by Gasteiger charge is -2.28. The summed E-state index contributed by atoms with van der Waals surface area (Å²) in [6.45, 7) is 2.48. The van der Waals surface area contributed by atoms with Crippen molar-refractivity contribution in [2.24, 2.45) is 0 Å². The van der Waals surface area contributed by atoms with Crippen LogP contribution in [0, 0.1) is 0 Å². The van der Waals surface area contributed by atoms with Gasteiger partial charge in [-0.05, 0) is 23.6 Å². The van der Waals surface area contributed by atoms with Crippen LogP contribution in [0.4, 0.5) is 5.82 Å². The quantitative estimate of drug-likeness (QED) is 0.634. The zero-order chi connectivity index (χ0) is 8.23. The lowest BCUT2D eigenvalue weighted by Crippen LogP contribution is -2.32. The Kier molecular flexibility index (Phi) is 2.51. The highest BCUT2D eigenvalue weighted by Crippen LogP contribution is 2.15. The summed E-state index contributed by atoms with van der Waals surface area (Å²) >= 11 is 0.302. The Bertz CT molecular complexity index is 232. The third kappa shape index (κ3) is 1.72. The second-order valence-electron chi connectivity index (χ2n) is 3.24. The number of pyridine rings is 1. The van der Waals surface area contributed by atoms with Crippen molar-refractivity contribution in [2.75, 3.05) is 29.5 Å². The third-order valence-electron chi connectivity index (χ3n) is 2.33. The van der Waals surface area contributed by atoms with E-state index in [2.05, 4.69) is 22.0 Å². The van der Waals surface area contributed by atoms with Gasteiger partial charge in [-0.2, -0.15) is 0 Å². The van der Waals surface area contributed by atoms with Gasteiger partial charge in [-0.15, -0.1) is 0 Å². The lowest BCUT2D eigenvalue weighted by molar-refractivity contribution is 0.839. The Morgan fingerprint density at radius 3 is 2.75 bits per heavy atom. The second-order valence-corrected chi connectivity index (χ2v) is 5.36. The van der Waals surface area contributed by atoms with E-state index in [4.69, 9.17) is 0 Å². The fourth-order valence-electron chi connectivity index (χ4n) is 1.66. The molecule has 0 saturated carbocycles. The highest BCUT2D eigenvalue weighted by molar-refractivity contribution is 7.99. The minimum Gasteiger partial charge on any atom is -0.355 e. The molecular weight excluding hydrogens is 168 g/mol. The van der Waals surface area contributed by atoms with Gasteiger partial charge in [-0.25, -0.2) is 4.98 Å². The first-order valence-electron chi connectivity index (χ1n) is 4.63. The van der Waals surface area contributed by atoms with Gasteiger partial charge in [0.05, 0.1) is 0 Å². The average molecular weight is 184 g/mol. The molecule has 0 radical (unpaired) electrons. The van der Waals surface area contributed by atoms with E-state index in [1.54, 1.807) is 0 Å². The van der Waals surface area contributed by atoms with E-state index in [0.29, 0.717) is 11.8 Å². The van der Waals surface area contributed by atoms with Crippen LogP contribution < -0.4 is 4.90 Å². The molecule has 2 heterocycles. The molecule has 3 heteroatoms. The molecule has 1 aromatic rings. The molecule has 68 valence electrons. The second kappa shape index (κ2) is 3.81. The summed E-state index contributed by atoms with van der Waals surface area (Å²) in [6, 6.07) is 6.14. The monoisotopic (exact) mass is 184 g/mol. The van der Waals surface area contributed by atoms with Crippen molar-refractivity contribution in [1.29, 1.82) is 0 Å². The van der Waals surface area contributed by atoms with Crippen LogP contribution in [-0.4, -0.2) is 29.6 Å². The molecule has 1 saturated heterocycles. The maximum absolute atomic E-state index is 4.34. The summed E-state index contributed by atoms with van der Waals surface area (Å²) in [4.78, 5) is 6.74. The molecule has 0 aromatic carbocycles. The highest BCUT2D eigenvalue weighted by atomic mass is 32.2. The highest BCUT2D eigenvalue weighted by Gasteiger charge is 2.08. The van der Waals surface area contributed by atoms with E-state index >= 15 is 0 Å². The van der Waals surface area contributed by atoms with E-state index in [1.807, 2.05) is 12.3 Å². The van der Waals surface area contributed by atoms with Crippen LogP contribution >= 0.6 is 11.8 Å². The van der Waals surface area contributed by atoms with E-state index in [0.717, 1.165) is 5.82 Å². The molecule has 0 spiro atoms. The molecule has 1 aromatic heterocycles. The van der Waals surface area contributed by atoms with Crippen LogP contribution in [0.2, 0.25) is 0 Å². The summed E-state index contributed by atoms with van der Waals surface area (Å²) in [5.74, 6) is 4.07. The van der Waals surface area contributed by atoms with Gasteiger partial charge in [0.2, 0.25) is 0 Å². The summed E-state index contributed by atoms with van der Waals surface area (Å²) in [5, 5.41) is 0. The first-order chi connectivity index (χ1) is 5.97. The van der Waals surface area contributed by atoms with Gasteiger partial charge in [0.1, 0.15) is 5.82 Å². The predicted molar refractivity (Wildman–Crippen MR) is 59.4 cm³/mol. The smallest absolute Gasteiger partial charge is 0.128 e. The zero-order valence-electron chi connectivity index (χ0n) is 7.24. The Labute approximate surface area is 77.0 Å². The summed E-state index contributed by atoms with van der Waals surface area (Å²) in [5.41, 5.74) is 0. The zero-order valence-corrected chi connectivity index (χ0v) is 8.65. The van der Waals surface area contributed by atoms with E-state index < -0.39 is 0 Å². The third-order valence-corrected chi connectivity index (χ3v) is 3.96. The van der Waals surface area contributed by atoms with Crippen LogP contribution in [0.1, 0.15) is 0 Å². The fraction of sp³-hybridized carbons (Fsp3) is 0.444. The Morgan fingerprint density at radius 1 is 1.25 bits per heavy atom. The SMILES string of the molecule is c1ccc(N2CC[SH4]CC2)nc1. The Hall–Kier alpha value is -0.700. The van der Waals surface area contributed by atoms with Crippen LogP contribution in [0.3, 0.4) is 0 Å². The van der Waals surface area contributed by atoms with Crippen molar-refractivity contribution < 1.29 is 0 Å². The molecule has 0 N–H and O–H groups in total. The molecule has 0 atom stereocenters. The van der Waals surface area contributed by atoms with Crippen LogP contribution in [-0.2, 0) is 0 Å². The minimum atomic E-state index is 0.302. The molecule has 12 heavy (non-hydrogen) atoms. The van der Waals surface area contributed by atoms with Gasteiger partial charge in [0.15, 0.2) is 0 Å². The molecular formula is C9H16N2S. The van der Waals surface area contributed by atoms with Crippen molar-refractivity contribution in [3.8, 4) is 0 Å². The number of hydrogen-bond donors (Lipinski definition) is 0. The van der Waals surface area contributed by atoms with Gasteiger partial charge in [-0.1, -0.05) is 6.07 Å². The van der Waals surface area contributed by atoms with Crippen molar-refractivity contribution in [1.82, 2.24) is 4.98 Å². The first-order valence-corrected chi connectivity index (χ1v) is 6.63. The largest absolute Gasteiger partial charge is 0.355 e. The topological polar surface area (TPSA) is 16.1 Å². The van der Waals surface area contributed by atoms with E-state index in [-0.39, 0.29) is 0 Å². The normalized spacial score (nSPS) is 18.5. The molecule has 0 unspecified atom stereocenters. The molecule has 1 aliphatic heterocycles. The lowest BCUT2D eigenvalue weighted by atomic mass is 10.4. The standard InChI is InChI=1S/C9H16N2S/c1-2-4-10-9(3-1)11-5-7-12-8-6-11/h1-4H,5-8H2,12H4. The summed E-state index contributed by atoms with van der Waals surface area (Å²) < 4.78 is 0. The summed E-state index contributed by atoms with van der Waals surface area (Å²) in [6.07, 6.45) is 1.88. The first kappa shape index (κ1) is 7.92. The molecule has 0 aliphatic carbocycles. The number of aromatic nitrogens is 1. The maximum atomic E-state index is 4.34. The minimum absolute atomic E-state index is 0.302. The molecule has 1 aliphatic rings. The Balaban J connectivity index is 2.08. The summed E-state index contributed by atoms with van der Waals surface area (Å²) in [7, 11) is 0. The van der Waals surface area contributed by atoms with Crippen molar-refractivity contribution in [2.45, 2.75) is 0 Å². The molecule has 0 amide bonds. The predicted octanol–water partition coefficient (Wildman–Crippen LogP) is 0.564. The number of anilines is 1. The number of hydrogen-bond acceptors (Lipinski definition) is 2. The number of rotatable bonds is 1. The molecule has 2 nitrogen and oxygen atoms in total. The van der Waals surface area contributed by atoms with Gasteiger partial charge < -0.3 is 16.7 Å². The molecule has 2 rings (SSSR count). The Morgan fingerprint density at radius 2 is 2.08 bits per heavy atom. The van der Waals surface area contributed by atoms with Crippen molar-refractivity contribution in [3.05, 3.63) is 24.4 Å². The van der Waals surface area contributed by atoms with E-state index in [9.17, 15) is 0 Å². The maximum Gasteiger partial charge on any atom is 0.128 e. The molecule has 1 fully saturated rings. The molecule has 0 bridgehead atoms. The van der Waals surface area contributed by atoms with Crippen LogP contribution in [0.5, 0.6) is 0 Å². The van der Waals surface area contributed by atoms with Gasteiger partial charge in [0.25, 0.3) is 0 Å².